The van der Waals surface area contributed by atoms with E-state index in [1.165, 1.54) is 6.07 Å². The van der Waals surface area contributed by atoms with Gasteiger partial charge in [0.05, 0.1) is 5.56 Å². The van der Waals surface area contributed by atoms with Crippen LogP contribution in [0.25, 0.3) is 5.76 Å². The predicted molar refractivity (Wildman–Crippen MR) is 156 cm³/mol. The fraction of sp³-hybridized carbons (Fsp3) is 0.588. The molecule has 1 aromatic rings. The predicted octanol–water partition coefficient (Wildman–Crippen LogP) is 5.59. The highest BCUT2D eigenvalue weighted by atomic mass is 16.3. The lowest BCUT2D eigenvalue weighted by molar-refractivity contribution is -0.178. The Bertz CT molecular complexity index is 1470. The molecule has 1 unspecified atom stereocenters. The number of benzene rings is 1. The summed E-state index contributed by atoms with van der Waals surface area (Å²) in [7, 11) is 0. The number of carbonyl (C=O) groups is 4. The van der Waals surface area contributed by atoms with Crippen LogP contribution in [0.1, 0.15) is 102 Å². The number of hydrogen-bond acceptors (Lipinski definition) is 8. The maximum Gasteiger partial charge on any atom is 0.203 e. The molecule has 0 saturated heterocycles. The van der Waals surface area contributed by atoms with E-state index in [2.05, 4.69) is 6.92 Å². The van der Waals surface area contributed by atoms with Crippen molar-refractivity contribution in [2.24, 2.45) is 34.5 Å². The van der Waals surface area contributed by atoms with Crippen LogP contribution in [-0.2, 0) is 20.8 Å². The number of carbonyl (C=O) groups excluding carboxylic acids is 4. The van der Waals surface area contributed by atoms with Crippen molar-refractivity contribution in [3.8, 4) is 5.75 Å². The van der Waals surface area contributed by atoms with Gasteiger partial charge in [0, 0.05) is 34.3 Å². The highest BCUT2D eigenvalue weighted by Gasteiger charge is 2.72. The molecule has 226 valence electrons. The molecule has 42 heavy (non-hydrogen) atoms. The molecule has 4 atom stereocenters. The summed E-state index contributed by atoms with van der Waals surface area (Å²) >= 11 is 0. The van der Waals surface area contributed by atoms with E-state index in [-0.39, 0.29) is 41.4 Å². The van der Waals surface area contributed by atoms with E-state index in [1.807, 2.05) is 0 Å². The summed E-state index contributed by atoms with van der Waals surface area (Å²) in [6.07, 6.45) is 4.52. The number of phenolic OH excluding ortho intramolecular Hbond substituents is 1. The fourth-order valence-corrected chi connectivity index (χ4v) is 8.88. The van der Waals surface area contributed by atoms with Crippen LogP contribution in [0.5, 0.6) is 5.75 Å². The van der Waals surface area contributed by atoms with Crippen LogP contribution in [-0.4, -0.2) is 49.2 Å². The first kappa shape index (κ1) is 30.2. The number of hydrogen-bond donors (Lipinski definition) is 4. The second-order valence-electron chi connectivity index (χ2n) is 14.2. The van der Waals surface area contributed by atoms with Crippen molar-refractivity contribution in [1.82, 2.24) is 0 Å². The first-order valence-electron chi connectivity index (χ1n) is 15.1. The number of phenols is 1. The molecular weight excluding hydrogens is 536 g/mol. The van der Waals surface area contributed by atoms with Crippen LogP contribution in [0.2, 0.25) is 0 Å². The van der Waals surface area contributed by atoms with Gasteiger partial charge in [0.1, 0.15) is 22.8 Å². The summed E-state index contributed by atoms with van der Waals surface area (Å²) in [5.41, 5.74) is -5.35. The molecule has 0 bridgehead atoms. The molecule has 2 saturated carbocycles. The van der Waals surface area contributed by atoms with Crippen LogP contribution in [0, 0.1) is 34.5 Å². The molecule has 0 aliphatic heterocycles. The molecule has 0 radical (unpaired) electrons. The minimum atomic E-state index is -2.65. The number of aliphatic hydroxyl groups is 3. The van der Waals surface area contributed by atoms with Gasteiger partial charge in [-0.05, 0) is 68.1 Å². The van der Waals surface area contributed by atoms with E-state index in [4.69, 9.17) is 0 Å². The third kappa shape index (κ3) is 4.04. The SMILES string of the molecule is CC(=O)C1=C(O)[C@]2(O)C(=O)C3=C(O)c4c(O)ccc(C(=O)CC5CCC(C)CC5)c4C[C@]3(C)C[C@]2(C)C(C(C)C)C1=O. The molecule has 2 fully saturated rings. The number of rotatable bonds is 5. The number of allylic oxidation sites excluding steroid dienone is 1. The highest BCUT2D eigenvalue weighted by Crippen LogP contribution is 2.65. The first-order chi connectivity index (χ1) is 19.5. The van der Waals surface area contributed by atoms with Crippen LogP contribution in [0.15, 0.2) is 29.0 Å². The first-order valence-corrected chi connectivity index (χ1v) is 15.1. The highest BCUT2D eigenvalue weighted by molar-refractivity contribution is 6.24. The Hall–Kier alpha value is -3.26. The smallest absolute Gasteiger partial charge is 0.203 e. The number of aromatic hydroxyl groups is 1. The molecule has 4 N–H and O–H groups in total. The summed E-state index contributed by atoms with van der Waals surface area (Å²) in [4.78, 5) is 54.2. The van der Waals surface area contributed by atoms with Gasteiger partial charge < -0.3 is 20.4 Å². The van der Waals surface area contributed by atoms with E-state index in [1.54, 1.807) is 33.8 Å². The number of Topliss-reactive ketones (excluding diaryl/α,β-unsaturated/α-hetero) is 4. The summed E-state index contributed by atoms with van der Waals surface area (Å²) < 4.78 is 0. The Kier molecular flexibility index (Phi) is 7.12. The van der Waals surface area contributed by atoms with Gasteiger partial charge >= 0.3 is 0 Å². The lowest BCUT2D eigenvalue weighted by atomic mass is 9.43. The maximum atomic E-state index is 14.4. The molecule has 8 nitrogen and oxygen atoms in total. The Morgan fingerprint density at radius 1 is 1.02 bits per heavy atom. The lowest BCUT2D eigenvalue weighted by Gasteiger charge is -2.59. The Morgan fingerprint density at radius 3 is 2.21 bits per heavy atom. The quantitative estimate of drug-likeness (QED) is 0.261. The topological polar surface area (TPSA) is 149 Å². The zero-order valence-electron chi connectivity index (χ0n) is 25.3. The van der Waals surface area contributed by atoms with Crippen molar-refractivity contribution in [2.75, 3.05) is 0 Å². The van der Waals surface area contributed by atoms with Gasteiger partial charge in [-0.15, -0.1) is 0 Å². The van der Waals surface area contributed by atoms with Crippen molar-refractivity contribution in [1.29, 1.82) is 0 Å². The minimum absolute atomic E-state index is 0.00525. The monoisotopic (exact) mass is 578 g/mol. The minimum Gasteiger partial charge on any atom is -0.508 e. The largest absolute Gasteiger partial charge is 0.508 e. The number of aliphatic hydroxyl groups excluding tert-OH is 2. The number of ketones is 4. The van der Waals surface area contributed by atoms with Crippen LogP contribution < -0.4 is 0 Å². The molecule has 4 aliphatic carbocycles. The van der Waals surface area contributed by atoms with E-state index in [9.17, 15) is 39.6 Å². The van der Waals surface area contributed by atoms with Gasteiger partial charge in [0.2, 0.25) is 5.78 Å². The molecule has 0 heterocycles. The molecule has 0 amide bonds. The average Bonchev–Trinajstić information content (AvgIpc) is 2.87. The Morgan fingerprint density at radius 2 is 1.64 bits per heavy atom. The zero-order chi connectivity index (χ0) is 31.1. The second-order valence-corrected chi connectivity index (χ2v) is 14.2. The van der Waals surface area contributed by atoms with E-state index in [0.29, 0.717) is 23.5 Å². The summed E-state index contributed by atoms with van der Waals surface area (Å²) in [6, 6.07) is 2.90. The molecule has 0 aromatic heterocycles. The second kappa shape index (κ2) is 9.90. The molecule has 0 spiro atoms. The molecular formula is C34H42O8. The van der Waals surface area contributed by atoms with Crippen molar-refractivity contribution in [3.63, 3.8) is 0 Å². The van der Waals surface area contributed by atoms with Gasteiger partial charge in [-0.3, -0.25) is 19.2 Å². The van der Waals surface area contributed by atoms with Gasteiger partial charge in [0.25, 0.3) is 0 Å². The van der Waals surface area contributed by atoms with Gasteiger partial charge in [0.15, 0.2) is 23.0 Å². The van der Waals surface area contributed by atoms with E-state index < -0.39 is 62.7 Å². The third-order valence-electron chi connectivity index (χ3n) is 10.8. The van der Waals surface area contributed by atoms with E-state index >= 15 is 0 Å². The summed E-state index contributed by atoms with van der Waals surface area (Å²) in [5.74, 6) is -4.83. The Balaban J connectivity index is 1.68. The Labute approximate surface area is 246 Å². The average molecular weight is 579 g/mol. The van der Waals surface area contributed by atoms with Crippen molar-refractivity contribution < 1.29 is 39.6 Å². The number of fused-ring (bicyclic) bond motifs is 3. The lowest BCUT2D eigenvalue weighted by Crippen LogP contribution is -2.69. The standard InChI is InChI=1S/C34H42O8/c1-16(2)26-28(38)24(18(4)35)30(40)34(42)31(41)27-29(39)25-21(14-32(27,5)15-33(26,34)6)20(11-12-22(25)36)23(37)13-19-9-7-17(3)8-10-19/h11-12,16-17,19,26,36,39-40,42H,7-10,13-15H2,1-6H3/t17?,19?,26?,32-,33-,34+/m1/s1. The molecule has 8 heteroatoms. The van der Waals surface area contributed by atoms with Gasteiger partial charge in [-0.25, -0.2) is 0 Å². The van der Waals surface area contributed by atoms with Crippen molar-refractivity contribution in [2.45, 2.75) is 92.1 Å². The fourth-order valence-electron chi connectivity index (χ4n) is 8.88. The van der Waals surface area contributed by atoms with Crippen LogP contribution in [0.3, 0.4) is 0 Å². The van der Waals surface area contributed by atoms with Crippen LogP contribution in [0.4, 0.5) is 0 Å². The summed E-state index contributed by atoms with van der Waals surface area (Å²) in [6.45, 7) is 10.2. The zero-order valence-corrected chi connectivity index (χ0v) is 25.3. The van der Waals surface area contributed by atoms with Crippen molar-refractivity contribution in [3.05, 3.63) is 45.7 Å². The van der Waals surface area contributed by atoms with Gasteiger partial charge in [-0.2, -0.15) is 0 Å². The molecule has 5 rings (SSSR count). The molecule has 1 aromatic carbocycles. The van der Waals surface area contributed by atoms with Gasteiger partial charge in [-0.1, -0.05) is 47.5 Å². The van der Waals surface area contributed by atoms with E-state index in [0.717, 1.165) is 32.6 Å². The third-order valence-corrected chi connectivity index (χ3v) is 10.8. The normalized spacial score (nSPS) is 34.7. The maximum absolute atomic E-state index is 14.4. The molecule has 4 aliphatic rings. The van der Waals surface area contributed by atoms with Crippen LogP contribution >= 0.6 is 0 Å². The van der Waals surface area contributed by atoms with Crippen molar-refractivity contribution >= 4 is 28.9 Å². The summed E-state index contributed by atoms with van der Waals surface area (Å²) in [5, 5.41) is 46.0.